The summed E-state index contributed by atoms with van der Waals surface area (Å²) < 4.78 is 5.33. The summed E-state index contributed by atoms with van der Waals surface area (Å²) >= 11 is 0. The molecule has 0 aliphatic rings. The van der Waals surface area contributed by atoms with Gasteiger partial charge in [-0.05, 0) is 48.6 Å². The van der Waals surface area contributed by atoms with Crippen LogP contribution in [0.5, 0.6) is 0 Å². The highest BCUT2D eigenvalue weighted by molar-refractivity contribution is 5.91. The number of rotatable bonds is 21. The van der Waals surface area contributed by atoms with Gasteiger partial charge < -0.3 is 42.6 Å². The second-order valence-electron chi connectivity index (χ2n) is 12.7. The molecule has 270 valence electrons. The van der Waals surface area contributed by atoms with Gasteiger partial charge in [-0.3, -0.25) is 19.4 Å². The van der Waals surface area contributed by atoms with Crippen LogP contribution in [-0.4, -0.2) is 72.2 Å². The molecule has 0 unspecified atom stereocenters. The molecular formula is C36H55N7O6. The van der Waals surface area contributed by atoms with Gasteiger partial charge in [0.2, 0.25) is 17.7 Å². The molecule has 0 saturated heterocycles. The molecule has 0 aliphatic heterocycles. The highest BCUT2D eigenvalue weighted by atomic mass is 16.5. The van der Waals surface area contributed by atoms with E-state index in [4.69, 9.17) is 16.2 Å². The van der Waals surface area contributed by atoms with Crippen LogP contribution in [0, 0.1) is 11.8 Å². The van der Waals surface area contributed by atoms with Crippen LogP contribution < -0.4 is 32.7 Å². The molecule has 2 rings (SSSR count). The van der Waals surface area contributed by atoms with E-state index in [0.29, 0.717) is 32.2 Å². The third kappa shape index (κ3) is 16.3. The lowest BCUT2D eigenvalue weighted by atomic mass is 9.94. The Morgan fingerprint density at radius 1 is 0.878 bits per heavy atom. The first-order valence-corrected chi connectivity index (χ1v) is 17.0. The lowest BCUT2D eigenvalue weighted by Crippen LogP contribution is -2.58. The predicted octanol–water partition coefficient (Wildman–Crippen LogP) is 2.51. The minimum absolute atomic E-state index is 0.0114. The van der Waals surface area contributed by atoms with E-state index in [0.717, 1.165) is 11.1 Å². The Labute approximate surface area is 290 Å². The molecule has 2 aromatic rings. The number of nitrogens with zero attached hydrogens (tertiary/aromatic N) is 1. The van der Waals surface area contributed by atoms with Crippen LogP contribution >= 0.6 is 0 Å². The molecule has 4 amide bonds. The Morgan fingerprint density at radius 2 is 1.51 bits per heavy atom. The van der Waals surface area contributed by atoms with Crippen molar-refractivity contribution < 1.29 is 29.0 Å². The van der Waals surface area contributed by atoms with E-state index >= 15 is 0 Å². The molecule has 0 heterocycles. The molecule has 0 saturated carbocycles. The molecule has 0 fully saturated rings. The predicted molar refractivity (Wildman–Crippen MR) is 190 cm³/mol. The fourth-order valence-corrected chi connectivity index (χ4v) is 5.12. The Bertz CT molecular complexity index is 1320. The molecule has 0 spiro atoms. The number of ether oxygens (including phenoxy) is 1. The van der Waals surface area contributed by atoms with E-state index in [1.807, 2.05) is 88.4 Å². The molecule has 13 heteroatoms. The molecule has 9 N–H and O–H groups in total. The van der Waals surface area contributed by atoms with Gasteiger partial charge in [-0.25, -0.2) is 4.79 Å². The lowest BCUT2D eigenvalue weighted by molar-refractivity contribution is -0.132. The average Bonchev–Trinajstić information content (AvgIpc) is 3.07. The molecule has 49 heavy (non-hydrogen) atoms. The Hall–Kier alpha value is -4.65. The van der Waals surface area contributed by atoms with Gasteiger partial charge >= 0.3 is 6.09 Å². The Kier molecular flexibility index (Phi) is 18.3. The first kappa shape index (κ1) is 40.5. The number of hydrogen-bond acceptors (Lipinski definition) is 7. The topological polar surface area (TPSA) is 210 Å². The van der Waals surface area contributed by atoms with Crippen LogP contribution in [0.2, 0.25) is 0 Å². The van der Waals surface area contributed by atoms with Crippen molar-refractivity contribution in [3.8, 4) is 0 Å². The minimum Gasteiger partial charge on any atom is -0.445 e. The third-order valence-electron chi connectivity index (χ3n) is 8.05. The van der Waals surface area contributed by atoms with Crippen LogP contribution in [0.1, 0.15) is 70.9 Å². The number of aliphatic hydroxyl groups is 1. The number of guanidine groups is 1. The zero-order valence-corrected chi connectivity index (χ0v) is 29.2. The van der Waals surface area contributed by atoms with E-state index in [9.17, 15) is 24.3 Å². The zero-order valence-electron chi connectivity index (χ0n) is 29.2. The number of nitrogens with two attached hydrogens (primary N) is 2. The number of aliphatic imine (C=N–C) groups is 1. The maximum Gasteiger partial charge on any atom is 0.408 e. The number of carbonyl (C=O) groups is 4. The molecule has 13 nitrogen and oxygen atoms in total. The van der Waals surface area contributed by atoms with Gasteiger partial charge in [0.15, 0.2) is 5.96 Å². The number of hydrogen-bond donors (Lipinski definition) is 7. The number of carbonyl (C=O) groups excluding carboxylic acids is 4. The van der Waals surface area contributed by atoms with Crippen molar-refractivity contribution in [3.05, 3.63) is 71.8 Å². The van der Waals surface area contributed by atoms with Crippen molar-refractivity contribution in [1.82, 2.24) is 21.3 Å². The van der Waals surface area contributed by atoms with E-state index < -0.39 is 42.1 Å². The number of nitrogens with one attached hydrogen (secondary N) is 4. The van der Waals surface area contributed by atoms with Crippen molar-refractivity contribution >= 4 is 29.8 Å². The van der Waals surface area contributed by atoms with Crippen LogP contribution in [-0.2, 0) is 32.1 Å². The molecule has 0 radical (unpaired) electrons. The van der Waals surface area contributed by atoms with Crippen molar-refractivity contribution in [2.24, 2.45) is 28.3 Å². The van der Waals surface area contributed by atoms with Gasteiger partial charge in [-0.1, -0.05) is 94.8 Å². The fourth-order valence-electron chi connectivity index (χ4n) is 5.12. The molecule has 0 bridgehead atoms. The van der Waals surface area contributed by atoms with E-state index in [1.54, 1.807) is 0 Å². The summed E-state index contributed by atoms with van der Waals surface area (Å²) in [7, 11) is 0. The summed E-state index contributed by atoms with van der Waals surface area (Å²) in [6.45, 7) is 8.29. The van der Waals surface area contributed by atoms with Crippen LogP contribution in [0.4, 0.5) is 4.79 Å². The Balaban J connectivity index is 2.09. The molecule has 0 aromatic heterocycles. The number of aliphatic hydroxyl groups excluding tert-OH is 1. The number of amides is 4. The summed E-state index contributed by atoms with van der Waals surface area (Å²) in [5, 5.41) is 22.2. The van der Waals surface area contributed by atoms with Gasteiger partial charge in [0.1, 0.15) is 18.7 Å². The van der Waals surface area contributed by atoms with Crippen LogP contribution in [0.25, 0.3) is 0 Å². The molecular weight excluding hydrogens is 626 g/mol. The van der Waals surface area contributed by atoms with Gasteiger partial charge in [-0.15, -0.1) is 0 Å². The first-order chi connectivity index (χ1) is 23.4. The van der Waals surface area contributed by atoms with Crippen LogP contribution in [0.3, 0.4) is 0 Å². The van der Waals surface area contributed by atoms with Gasteiger partial charge in [0.25, 0.3) is 0 Å². The van der Waals surface area contributed by atoms with E-state index in [1.165, 1.54) is 0 Å². The molecule has 5 atom stereocenters. The minimum atomic E-state index is -1.15. The van der Waals surface area contributed by atoms with Crippen molar-refractivity contribution in [2.75, 3.05) is 13.1 Å². The highest BCUT2D eigenvalue weighted by Gasteiger charge is 2.33. The van der Waals surface area contributed by atoms with Crippen molar-refractivity contribution in [1.29, 1.82) is 0 Å². The lowest BCUT2D eigenvalue weighted by Gasteiger charge is -2.31. The largest absolute Gasteiger partial charge is 0.445 e. The maximum absolute atomic E-state index is 13.7. The normalized spacial score (nSPS) is 14.0. The van der Waals surface area contributed by atoms with E-state index in [-0.39, 0.29) is 49.7 Å². The fraction of sp³-hybridized carbons (Fsp3) is 0.528. The third-order valence-corrected chi connectivity index (χ3v) is 8.05. The van der Waals surface area contributed by atoms with Crippen molar-refractivity contribution in [3.63, 3.8) is 0 Å². The van der Waals surface area contributed by atoms with Gasteiger partial charge in [0, 0.05) is 13.1 Å². The molecule has 0 aliphatic carbocycles. The maximum atomic E-state index is 13.7. The second-order valence-corrected chi connectivity index (χ2v) is 12.7. The number of alkyl carbamates (subject to hydrolysis) is 1. The average molecular weight is 682 g/mol. The SMILES string of the molecule is CC[C@H](C)[C@H](NC(=O)[C@H](CCCN=C(N)N)NC(=O)OCc1ccccc1)C(=O)N[C@@H](CC(C)C)[C@@H](O)CC(=O)NCCc1ccccc1. The summed E-state index contributed by atoms with van der Waals surface area (Å²) in [6.07, 6.45) is 0.0180. The summed E-state index contributed by atoms with van der Waals surface area (Å²) in [4.78, 5) is 56.7. The van der Waals surface area contributed by atoms with Crippen molar-refractivity contribution in [2.45, 2.75) is 97.1 Å². The molecule has 2 aromatic carbocycles. The summed E-state index contributed by atoms with van der Waals surface area (Å²) in [5.41, 5.74) is 12.7. The summed E-state index contributed by atoms with van der Waals surface area (Å²) in [6, 6.07) is 16.1. The zero-order chi connectivity index (χ0) is 36.2. The van der Waals surface area contributed by atoms with Gasteiger partial charge in [-0.2, -0.15) is 0 Å². The number of benzene rings is 2. The second kappa shape index (κ2) is 22.1. The van der Waals surface area contributed by atoms with E-state index in [2.05, 4.69) is 26.3 Å². The first-order valence-electron chi connectivity index (χ1n) is 17.0. The summed E-state index contributed by atoms with van der Waals surface area (Å²) in [5.74, 6) is -1.70. The quantitative estimate of drug-likeness (QED) is 0.0590. The smallest absolute Gasteiger partial charge is 0.408 e. The highest BCUT2D eigenvalue weighted by Crippen LogP contribution is 2.15. The standard InChI is InChI=1S/C36H55N7O6/c1-5-25(4)32(34(47)41-29(21-24(2)3)30(44)22-31(45)39-20-18-26-13-8-6-9-14-26)43-33(46)28(17-12-19-40-35(37)38)42-36(48)49-23-27-15-10-7-11-16-27/h6-11,13-16,24-25,28-30,32,44H,5,12,17-23H2,1-4H3,(H,39,45)(H,41,47)(H,42,48)(H,43,46)(H4,37,38,40)/t25-,28-,29-,30-,32-/m0/s1. The van der Waals surface area contributed by atoms with Crippen LogP contribution in [0.15, 0.2) is 65.7 Å². The monoisotopic (exact) mass is 681 g/mol. The Morgan fingerprint density at radius 3 is 2.10 bits per heavy atom. The van der Waals surface area contributed by atoms with Gasteiger partial charge in [0.05, 0.1) is 18.6 Å².